The minimum atomic E-state index is 0.261. The Bertz CT molecular complexity index is 612. The first-order valence-electron chi connectivity index (χ1n) is 4.49. The van der Waals surface area contributed by atoms with Gasteiger partial charge in [0.25, 0.3) is 0 Å². The molecular formula is C11H7N5. The van der Waals surface area contributed by atoms with Gasteiger partial charge >= 0.3 is 0 Å². The van der Waals surface area contributed by atoms with Gasteiger partial charge in [-0.05, 0) is 18.2 Å². The zero-order valence-electron chi connectivity index (χ0n) is 8.25. The molecule has 2 rings (SSSR count). The summed E-state index contributed by atoms with van der Waals surface area (Å²) in [5.41, 5.74) is 7.37. The van der Waals surface area contributed by atoms with Crippen LogP contribution in [-0.2, 0) is 0 Å². The maximum absolute atomic E-state index is 8.83. The number of hydrogen-bond donors (Lipinski definition) is 1. The van der Waals surface area contributed by atoms with Gasteiger partial charge in [-0.15, -0.1) is 0 Å². The molecule has 0 saturated carbocycles. The summed E-state index contributed by atoms with van der Waals surface area (Å²) >= 11 is 0. The Morgan fingerprint density at radius 3 is 2.69 bits per heavy atom. The van der Waals surface area contributed by atoms with Crippen LogP contribution < -0.4 is 5.73 Å². The lowest BCUT2D eigenvalue weighted by Crippen LogP contribution is -2.01. The van der Waals surface area contributed by atoms with Crippen LogP contribution in [0.5, 0.6) is 0 Å². The van der Waals surface area contributed by atoms with Gasteiger partial charge < -0.3 is 5.73 Å². The second-order valence-corrected chi connectivity index (χ2v) is 3.12. The van der Waals surface area contributed by atoms with Crippen molar-refractivity contribution in [2.75, 3.05) is 5.73 Å². The molecule has 0 fully saturated rings. The standard InChI is InChI=1S/C11H7N5/c12-6-8-1-2-10(9(14)5-8)16-4-3-15-11(16)7-13/h1-5H,14H2. The van der Waals surface area contributed by atoms with Crippen molar-refractivity contribution in [1.82, 2.24) is 9.55 Å². The summed E-state index contributed by atoms with van der Waals surface area (Å²) in [5.74, 6) is 0.261. The molecule has 0 spiro atoms. The Labute approximate surface area is 92.0 Å². The van der Waals surface area contributed by atoms with Gasteiger partial charge in [0, 0.05) is 12.4 Å². The number of hydrogen-bond acceptors (Lipinski definition) is 4. The van der Waals surface area contributed by atoms with Crippen LogP contribution in [-0.4, -0.2) is 9.55 Å². The number of nitrogens with zero attached hydrogens (tertiary/aromatic N) is 4. The highest BCUT2D eigenvalue weighted by molar-refractivity contribution is 5.61. The lowest BCUT2D eigenvalue weighted by Gasteiger charge is -2.07. The van der Waals surface area contributed by atoms with Crippen molar-refractivity contribution in [2.45, 2.75) is 0 Å². The normalized spacial score (nSPS) is 9.38. The first kappa shape index (κ1) is 9.75. The minimum absolute atomic E-state index is 0.261. The largest absolute Gasteiger partial charge is 0.397 e. The molecule has 0 aliphatic carbocycles. The molecule has 1 aromatic heterocycles. The van der Waals surface area contributed by atoms with Gasteiger partial charge in [-0.25, -0.2) is 4.98 Å². The maximum Gasteiger partial charge on any atom is 0.217 e. The third kappa shape index (κ3) is 1.47. The molecule has 0 radical (unpaired) electrons. The van der Waals surface area contributed by atoms with E-state index in [2.05, 4.69) is 4.98 Å². The number of nitrogen functional groups attached to an aromatic ring is 1. The number of imidazole rings is 1. The van der Waals surface area contributed by atoms with Gasteiger partial charge in [0.05, 0.1) is 23.0 Å². The predicted molar refractivity (Wildman–Crippen MR) is 57.4 cm³/mol. The van der Waals surface area contributed by atoms with E-state index in [1.807, 2.05) is 12.1 Å². The quantitative estimate of drug-likeness (QED) is 0.714. The molecule has 0 aliphatic heterocycles. The van der Waals surface area contributed by atoms with Gasteiger partial charge in [0.2, 0.25) is 5.82 Å². The van der Waals surface area contributed by atoms with Crippen LogP contribution in [0, 0.1) is 22.7 Å². The van der Waals surface area contributed by atoms with Crippen molar-refractivity contribution >= 4 is 5.69 Å². The molecule has 16 heavy (non-hydrogen) atoms. The van der Waals surface area contributed by atoms with E-state index in [-0.39, 0.29) is 5.82 Å². The van der Waals surface area contributed by atoms with E-state index >= 15 is 0 Å². The zero-order valence-corrected chi connectivity index (χ0v) is 8.25. The molecule has 76 valence electrons. The predicted octanol–water partition coefficient (Wildman–Crippen LogP) is 1.20. The van der Waals surface area contributed by atoms with E-state index in [0.717, 1.165) is 0 Å². The number of nitrogens with two attached hydrogens (primary N) is 1. The molecular weight excluding hydrogens is 202 g/mol. The number of rotatable bonds is 1. The van der Waals surface area contributed by atoms with Gasteiger partial charge in [-0.1, -0.05) is 0 Å². The molecule has 0 saturated heterocycles. The summed E-state index contributed by atoms with van der Waals surface area (Å²) in [5, 5.41) is 17.5. The SMILES string of the molecule is N#Cc1ccc(-n2ccnc2C#N)c(N)c1. The summed E-state index contributed by atoms with van der Waals surface area (Å²) in [6.07, 6.45) is 3.17. The molecule has 0 atom stereocenters. The van der Waals surface area contributed by atoms with E-state index in [1.165, 1.54) is 6.20 Å². The third-order valence-electron chi connectivity index (χ3n) is 2.16. The third-order valence-corrected chi connectivity index (χ3v) is 2.16. The number of benzene rings is 1. The summed E-state index contributed by atoms with van der Waals surface area (Å²) in [4.78, 5) is 3.88. The van der Waals surface area contributed by atoms with Gasteiger partial charge in [0.1, 0.15) is 6.07 Å². The first-order chi connectivity index (χ1) is 7.76. The summed E-state index contributed by atoms with van der Waals surface area (Å²) in [7, 11) is 0. The molecule has 2 aromatic rings. The van der Waals surface area contributed by atoms with Gasteiger partial charge in [-0.3, -0.25) is 4.57 Å². The molecule has 5 nitrogen and oxygen atoms in total. The second kappa shape index (κ2) is 3.76. The summed E-state index contributed by atoms with van der Waals surface area (Å²) in [6, 6.07) is 8.86. The Morgan fingerprint density at radius 2 is 2.06 bits per heavy atom. The van der Waals surface area contributed by atoms with Crippen LogP contribution in [0.15, 0.2) is 30.6 Å². The van der Waals surface area contributed by atoms with Crippen molar-refractivity contribution in [3.8, 4) is 17.8 Å². The van der Waals surface area contributed by atoms with Crippen LogP contribution >= 0.6 is 0 Å². The molecule has 0 bridgehead atoms. The average Bonchev–Trinajstić information content (AvgIpc) is 2.76. The van der Waals surface area contributed by atoms with Crippen LogP contribution in [0.4, 0.5) is 5.69 Å². The monoisotopic (exact) mass is 209 g/mol. The highest BCUT2D eigenvalue weighted by atomic mass is 15.1. The zero-order chi connectivity index (χ0) is 11.5. The Morgan fingerprint density at radius 1 is 1.25 bits per heavy atom. The number of aromatic nitrogens is 2. The lowest BCUT2D eigenvalue weighted by atomic mass is 10.2. The van der Waals surface area contributed by atoms with E-state index in [0.29, 0.717) is 16.9 Å². The van der Waals surface area contributed by atoms with E-state index in [1.54, 1.807) is 29.0 Å². The summed E-state index contributed by atoms with van der Waals surface area (Å²) < 4.78 is 1.58. The van der Waals surface area contributed by atoms with Crippen LogP contribution in [0.25, 0.3) is 5.69 Å². The number of anilines is 1. The minimum Gasteiger partial charge on any atom is -0.397 e. The fraction of sp³-hybridized carbons (Fsp3) is 0. The van der Waals surface area contributed by atoms with Crippen molar-refractivity contribution in [1.29, 1.82) is 10.5 Å². The molecule has 2 N–H and O–H groups in total. The molecule has 1 aromatic carbocycles. The molecule has 0 amide bonds. The van der Waals surface area contributed by atoms with Crippen LogP contribution in [0.3, 0.4) is 0 Å². The molecule has 1 heterocycles. The topological polar surface area (TPSA) is 91.4 Å². The Balaban J connectivity index is 2.59. The van der Waals surface area contributed by atoms with E-state index in [9.17, 15) is 0 Å². The summed E-state index contributed by atoms with van der Waals surface area (Å²) in [6.45, 7) is 0. The van der Waals surface area contributed by atoms with E-state index in [4.69, 9.17) is 16.3 Å². The number of nitriles is 2. The van der Waals surface area contributed by atoms with Crippen molar-refractivity contribution < 1.29 is 0 Å². The van der Waals surface area contributed by atoms with Crippen LogP contribution in [0.1, 0.15) is 11.4 Å². The van der Waals surface area contributed by atoms with Gasteiger partial charge in [-0.2, -0.15) is 10.5 Å². The highest BCUT2D eigenvalue weighted by Crippen LogP contribution is 2.19. The van der Waals surface area contributed by atoms with Gasteiger partial charge in [0.15, 0.2) is 0 Å². The maximum atomic E-state index is 8.83. The smallest absolute Gasteiger partial charge is 0.217 e. The average molecular weight is 209 g/mol. The highest BCUT2D eigenvalue weighted by Gasteiger charge is 2.07. The van der Waals surface area contributed by atoms with E-state index < -0.39 is 0 Å². The molecule has 5 heteroatoms. The van der Waals surface area contributed by atoms with Crippen molar-refractivity contribution in [3.63, 3.8) is 0 Å². The molecule has 0 aliphatic rings. The second-order valence-electron chi connectivity index (χ2n) is 3.12. The lowest BCUT2D eigenvalue weighted by molar-refractivity contribution is 1.02. The Kier molecular flexibility index (Phi) is 2.29. The molecule has 0 unspecified atom stereocenters. The fourth-order valence-corrected chi connectivity index (χ4v) is 1.42. The van der Waals surface area contributed by atoms with Crippen molar-refractivity contribution in [2.24, 2.45) is 0 Å². The fourth-order valence-electron chi connectivity index (χ4n) is 1.42. The Hall–Kier alpha value is -2.79. The van der Waals surface area contributed by atoms with Crippen LogP contribution in [0.2, 0.25) is 0 Å². The first-order valence-corrected chi connectivity index (χ1v) is 4.49. The van der Waals surface area contributed by atoms with Crippen molar-refractivity contribution in [3.05, 3.63) is 42.0 Å².